The molecule has 39 heavy (non-hydrogen) atoms. The van der Waals surface area contributed by atoms with Crippen LogP contribution < -0.4 is 20.1 Å². The van der Waals surface area contributed by atoms with Gasteiger partial charge in [-0.2, -0.15) is 0 Å². The highest BCUT2D eigenvalue weighted by Gasteiger charge is 2.15. The summed E-state index contributed by atoms with van der Waals surface area (Å²) in [6.45, 7) is 4.09. The van der Waals surface area contributed by atoms with E-state index in [1.54, 1.807) is 4.90 Å². The SMILES string of the molecule is NCCCCCCOCCOCCOc1ccc(Oc2ccc(N(Cc3ccccc3)C(=O)CCl)cc2)cc1. The van der Waals surface area contributed by atoms with Crippen LogP contribution in [0.5, 0.6) is 17.2 Å². The van der Waals surface area contributed by atoms with Crippen molar-refractivity contribution in [2.75, 3.05) is 50.4 Å². The third-order valence-electron chi connectivity index (χ3n) is 5.92. The van der Waals surface area contributed by atoms with Gasteiger partial charge in [-0.3, -0.25) is 4.79 Å². The summed E-state index contributed by atoms with van der Waals surface area (Å²) >= 11 is 5.86. The highest BCUT2D eigenvalue weighted by molar-refractivity contribution is 6.29. The van der Waals surface area contributed by atoms with Crippen molar-refractivity contribution >= 4 is 23.2 Å². The van der Waals surface area contributed by atoms with Gasteiger partial charge in [-0.1, -0.05) is 43.2 Å². The Labute approximate surface area is 236 Å². The van der Waals surface area contributed by atoms with Crippen LogP contribution in [0.15, 0.2) is 78.9 Å². The number of carbonyl (C=O) groups is 1. The van der Waals surface area contributed by atoms with Crippen LogP contribution in [0, 0.1) is 0 Å². The third kappa shape index (κ3) is 11.7. The van der Waals surface area contributed by atoms with Gasteiger partial charge in [0.2, 0.25) is 5.91 Å². The third-order valence-corrected chi connectivity index (χ3v) is 6.15. The van der Waals surface area contributed by atoms with Gasteiger partial charge in [-0.25, -0.2) is 0 Å². The second-order valence-electron chi connectivity index (χ2n) is 8.94. The minimum absolute atomic E-state index is 0.0870. The summed E-state index contributed by atoms with van der Waals surface area (Å²) in [4.78, 5) is 14.1. The molecule has 0 aromatic heterocycles. The topological polar surface area (TPSA) is 83.2 Å². The molecule has 0 saturated carbocycles. The van der Waals surface area contributed by atoms with E-state index in [2.05, 4.69) is 0 Å². The number of anilines is 1. The molecule has 0 bridgehead atoms. The molecule has 1 amide bonds. The van der Waals surface area contributed by atoms with Crippen LogP contribution in [0.2, 0.25) is 0 Å². The highest BCUT2D eigenvalue weighted by atomic mass is 35.5. The number of rotatable bonds is 19. The normalized spacial score (nSPS) is 10.8. The van der Waals surface area contributed by atoms with E-state index in [-0.39, 0.29) is 11.8 Å². The summed E-state index contributed by atoms with van der Waals surface area (Å²) in [5.74, 6) is 1.84. The fourth-order valence-corrected chi connectivity index (χ4v) is 3.98. The van der Waals surface area contributed by atoms with Gasteiger partial charge >= 0.3 is 0 Å². The van der Waals surface area contributed by atoms with Gasteiger partial charge in [-0.15, -0.1) is 11.6 Å². The molecule has 3 aromatic carbocycles. The Balaban J connectivity index is 1.36. The van der Waals surface area contributed by atoms with Crippen LogP contribution in [-0.4, -0.2) is 51.4 Å². The minimum atomic E-state index is -0.159. The molecular weight excluding hydrogens is 516 g/mol. The van der Waals surface area contributed by atoms with Crippen LogP contribution >= 0.6 is 11.6 Å². The highest BCUT2D eigenvalue weighted by Crippen LogP contribution is 2.27. The number of hydrogen-bond acceptors (Lipinski definition) is 6. The Bertz CT molecular complexity index is 1060. The van der Waals surface area contributed by atoms with Crippen molar-refractivity contribution < 1.29 is 23.7 Å². The van der Waals surface area contributed by atoms with Crippen molar-refractivity contribution in [3.8, 4) is 17.2 Å². The van der Waals surface area contributed by atoms with E-state index in [0.717, 1.165) is 49.4 Å². The number of benzene rings is 3. The maximum absolute atomic E-state index is 12.5. The summed E-state index contributed by atoms with van der Waals surface area (Å²) in [6.07, 6.45) is 4.48. The van der Waals surface area contributed by atoms with Gasteiger partial charge < -0.3 is 29.6 Å². The molecule has 0 aliphatic carbocycles. The molecule has 2 N–H and O–H groups in total. The molecule has 0 radical (unpaired) electrons. The molecule has 0 unspecified atom stereocenters. The van der Waals surface area contributed by atoms with Gasteiger partial charge in [0.05, 0.1) is 26.4 Å². The van der Waals surface area contributed by atoms with Crippen LogP contribution in [0.1, 0.15) is 31.2 Å². The molecule has 0 spiro atoms. The molecular formula is C31H39ClN2O5. The number of ether oxygens (including phenoxy) is 4. The van der Waals surface area contributed by atoms with E-state index < -0.39 is 0 Å². The Morgan fingerprint density at radius 3 is 1.95 bits per heavy atom. The van der Waals surface area contributed by atoms with Crippen molar-refractivity contribution in [2.24, 2.45) is 5.73 Å². The van der Waals surface area contributed by atoms with Gasteiger partial charge in [0, 0.05) is 12.3 Å². The van der Waals surface area contributed by atoms with E-state index in [4.69, 9.17) is 36.3 Å². The second kappa shape index (κ2) is 18.2. The Morgan fingerprint density at radius 2 is 1.28 bits per heavy atom. The summed E-state index contributed by atoms with van der Waals surface area (Å²) in [5.41, 5.74) is 7.27. The van der Waals surface area contributed by atoms with E-state index in [0.29, 0.717) is 44.5 Å². The second-order valence-corrected chi connectivity index (χ2v) is 9.21. The zero-order chi connectivity index (χ0) is 27.5. The summed E-state index contributed by atoms with van der Waals surface area (Å²) in [5, 5.41) is 0. The maximum atomic E-state index is 12.5. The Morgan fingerprint density at radius 1 is 0.692 bits per heavy atom. The summed E-state index contributed by atoms with van der Waals surface area (Å²) < 4.78 is 22.8. The van der Waals surface area contributed by atoms with Crippen molar-refractivity contribution in [1.82, 2.24) is 0 Å². The van der Waals surface area contributed by atoms with Crippen LogP contribution in [-0.2, 0) is 20.8 Å². The molecule has 0 heterocycles. The number of unbranched alkanes of at least 4 members (excludes halogenated alkanes) is 3. The first-order valence-electron chi connectivity index (χ1n) is 13.5. The first-order chi connectivity index (χ1) is 19.2. The average molecular weight is 555 g/mol. The molecule has 0 fully saturated rings. The van der Waals surface area contributed by atoms with Crippen LogP contribution in [0.3, 0.4) is 0 Å². The lowest BCUT2D eigenvalue weighted by Crippen LogP contribution is -2.31. The summed E-state index contributed by atoms with van der Waals surface area (Å²) in [6, 6.07) is 24.6. The van der Waals surface area contributed by atoms with Crippen LogP contribution in [0.25, 0.3) is 0 Å². The van der Waals surface area contributed by atoms with Gasteiger partial charge in [0.1, 0.15) is 29.7 Å². The van der Waals surface area contributed by atoms with E-state index in [1.807, 2.05) is 78.9 Å². The molecule has 0 aliphatic rings. The number of alkyl halides is 1. The maximum Gasteiger partial charge on any atom is 0.242 e. The first kappa shape index (κ1) is 30.4. The van der Waals surface area contributed by atoms with Gasteiger partial charge in [-0.05, 0) is 73.5 Å². The zero-order valence-corrected chi connectivity index (χ0v) is 23.2. The van der Waals surface area contributed by atoms with E-state index >= 15 is 0 Å². The quantitative estimate of drug-likeness (QED) is 0.141. The molecule has 0 atom stereocenters. The largest absolute Gasteiger partial charge is 0.491 e. The Hall–Kier alpha value is -3.10. The number of hydrogen-bond donors (Lipinski definition) is 1. The smallest absolute Gasteiger partial charge is 0.242 e. The van der Waals surface area contributed by atoms with Gasteiger partial charge in [0.15, 0.2) is 0 Å². The van der Waals surface area contributed by atoms with Crippen molar-refractivity contribution in [1.29, 1.82) is 0 Å². The lowest BCUT2D eigenvalue weighted by molar-refractivity contribution is -0.116. The zero-order valence-electron chi connectivity index (χ0n) is 22.4. The molecule has 210 valence electrons. The number of halogens is 1. The summed E-state index contributed by atoms with van der Waals surface area (Å²) in [7, 11) is 0. The fraction of sp³-hybridized carbons (Fsp3) is 0.387. The predicted molar refractivity (Wildman–Crippen MR) is 156 cm³/mol. The Kier molecular flexibility index (Phi) is 14.2. The molecule has 3 aromatic rings. The van der Waals surface area contributed by atoms with Gasteiger partial charge in [0.25, 0.3) is 0 Å². The number of amides is 1. The molecule has 0 saturated heterocycles. The van der Waals surface area contributed by atoms with E-state index in [1.165, 1.54) is 6.42 Å². The molecule has 3 rings (SSSR count). The lowest BCUT2D eigenvalue weighted by Gasteiger charge is -2.22. The molecule has 7 nitrogen and oxygen atoms in total. The average Bonchev–Trinajstić information content (AvgIpc) is 2.98. The first-order valence-corrected chi connectivity index (χ1v) is 14.0. The van der Waals surface area contributed by atoms with Crippen molar-refractivity contribution in [3.63, 3.8) is 0 Å². The number of nitrogens with two attached hydrogens (primary N) is 1. The van der Waals surface area contributed by atoms with Crippen LogP contribution in [0.4, 0.5) is 5.69 Å². The van der Waals surface area contributed by atoms with Crippen molar-refractivity contribution in [3.05, 3.63) is 84.4 Å². The number of carbonyl (C=O) groups excluding carboxylic acids is 1. The van der Waals surface area contributed by atoms with Crippen molar-refractivity contribution in [2.45, 2.75) is 32.2 Å². The monoisotopic (exact) mass is 554 g/mol. The standard InChI is InChI=1S/C31H39ClN2O5/c32-24-31(35)34(25-26-8-4-3-5-9-26)27-10-12-29(13-11-27)39-30-16-14-28(15-17-30)38-23-22-37-21-20-36-19-7-2-1-6-18-33/h3-5,8-17H,1-2,6-7,18-25,33H2. The predicted octanol–water partition coefficient (Wildman–Crippen LogP) is 6.18. The van der Waals surface area contributed by atoms with E-state index in [9.17, 15) is 4.79 Å². The molecule has 0 aliphatic heterocycles. The fourth-order valence-electron chi connectivity index (χ4n) is 3.84. The number of nitrogens with zero attached hydrogens (tertiary/aromatic N) is 1. The molecule has 8 heteroatoms. The minimum Gasteiger partial charge on any atom is -0.491 e. The lowest BCUT2D eigenvalue weighted by atomic mass is 10.2.